The summed E-state index contributed by atoms with van der Waals surface area (Å²) in [6.45, 7) is 0. The molecule has 2 aliphatic carbocycles. The third kappa shape index (κ3) is 0.892. The molecule has 0 heteroatoms. The van der Waals surface area contributed by atoms with Gasteiger partial charge in [-0.25, -0.2) is 0 Å². The Morgan fingerprint density at radius 2 is 1.62 bits per heavy atom. The Labute approximate surface area is 93.9 Å². The van der Waals surface area contributed by atoms with Gasteiger partial charge in [-0.1, -0.05) is 54.6 Å². The first-order valence-electron chi connectivity index (χ1n) is 5.56. The Bertz CT molecular complexity index is 746. The van der Waals surface area contributed by atoms with Crippen molar-refractivity contribution in [2.45, 2.75) is 0 Å². The van der Waals surface area contributed by atoms with E-state index in [0.717, 1.165) is 0 Å². The Hall–Kier alpha value is -2.08. The van der Waals surface area contributed by atoms with Crippen LogP contribution < -0.4 is 10.4 Å². The molecular formula is C16H10. The summed E-state index contributed by atoms with van der Waals surface area (Å²) in [7, 11) is 0. The average Bonchev–Trinajstić information content (AvgIpc) is 2.92. The van der Waals surface area contributed by atoms with E-state index in [1.54, 1.807) is 0 Å². The third-order valence-corrected chi connectivity index (χ3v) is 3.41. The molecule has 0 atom stereocenters. The van der Waals surface area contributed by atoms with Gasteiger partial charge < -0.3 is 0 Å². The summed E-state index contributed by atoms with van der Waals surface area (Å²) in [5.74, 6) is 0. The van der Waals surface area contributed by atoms with E-state index in [4.69, 9.17) is 0 Å². The van der Waals surface area contributed by atoms with E-state index in [-0.39, 0.29) is 0 Å². The van der Waals surface area contributed by atoms with E-state index in [2.05, 4.69) is 60.7 Å². The van der Waals surface area contributed by atoms with Crippen molar-refractivity contribution in [2.24, 2.45) is 0 Å². The molecule has 0 bridgehead atoms. The molecule has 0 aromatic heterocycles. The summed E-state index contributed by atoms with van der Waals surface area (Å²) in [5, 5.41) is 2.75. The molecule has 2 aromatic rings. The van der Waals surface area contributed by atoms with Gasteiger partial charge in [-0.15, -0.1) is 0 Å². The normalized spacial score (nSPS) is 13.8. The van der Waals surface area contributed by atoms with E-state index in [0.29, 0.717) is 0 Å². The molecule has 0 spiro atoms. The van der Waals surface area contributed by atoms with Crippen LogP contribution >= 0.6 is 0 Å². The smallest absolute Gasteiger partial charge is 0.00930 e. The Balaban J connectivity index is 2.21. The second-order valence-electron chi connectivity index (χ2n) is 4.29. The first-order chi connectivity index (χ1) is 7.93. The largest absolute Gasteiger partial charge is 0.0616 e. The zero-order valence-corrected chi connectivity index (χ0v) is 8.77. The lowest BCUT2D eigenvalue weighted by atomic mass is 10.0. The number of hydrogen-bond acceptors (Lipinski definition) is 0. The van der Waals surface area contributed by atoms with Crippen LogP contribution in [0.5, 0.6) is 0 Å². The SMILES string of the molecule is C1=Cc2ccc3c(c2=C1)=Cc1ccccc1-3. The van der Waals surface area contributed by atoms with Gasteiger partial charge in [0, 0.05) is 0 Å². The lowest BCUT2D eigenvalue weighted by molar-refractivity contribution is 1.52. The summed E-state index contributed by atoms with van der Waals surface area (Å²) in [5.41, 5.74) is 5.41. The molecule has 2 aliphatic rings. The predicted molar refractivity (Wildman–Crippen MR) is 68.2 cm³/mol. The highest BCUT2D eigenvalue weighted by molar-refractivity contribution is 5.85. The maximum Gasteiger partial charge on any atom is -0.00930 e. The third-order valence-electron chi connectivity index (χ3n) is 3.41. The molecule has 74 valence electrons. The van der Waals surface area contributed by atoms with E-state index in [9.17, 15) is 0 Å². The van der Waals surface area contributed by atoms with E-state index in [1.807, 2.05) is 0 Å². The fraction of sp³-hybridized carbons (Fsp3) is 0. The fourth-order valence-electron chi connectivity index (χ4n) is 2.65. The number of hydrogen-bond donors (Lipinski definition) is 0. The van der Waals surface area contributed by atoms with Crippen molar-refractivity contribution in [3.8, 4) is 11.1 Å². The topological polar surface area (TPSA) is 0 Å². The fourth-order valence-corrected chi connectivity index (χ4v) is 2.65. The molecule has 0 saturated carbocycles. The molecule has 0 saturated heterocycles. The average molecular weight is 202 g/mol. The molecule has 0 radical (unpaired) electrons. The van der Waals surface area contributed by atoms with Crippen molar-refractivity contribution >= 4 is 18.2 Å². The van der Waals surface area contributed by atoms with Crippen LogP contribution in [0.1, 0.15) is 11.1 Å². The molecule has 2 aromatic carbocycles. The van der Waals surface area contributed by atoms with Gasteiger partial charge in [0.2, 0.25) is 0 Å². The quantitative estimate of drug-likeness (QED) is 0.524. The number of fused-ring (bicyclic) bond motifs is 5. The summed E-state index contributed by atoms with van der Waals surface area (Å²) in [6, 6.07) is 13.0. The van der Waals surface area contributed by atoms with E-state index < -0.39 is 0 Å². The first kappa shape index (κ1) is 8.12. The van der Waals surface area contributed by atoms with Crippen LogP contribution in [-0.4, -0.2) is 0 Å². The van der Waals surface area contributed by atoms with Crippen molar-refractivity contribution in [3.05, 3.63) is 64.0 Å². The lowest BCUT2D eigenvalue weighted by Crippen LogP contribution is -2.25. The standard InChI is InChI=1S/C16H10/c1-2-6-14-12(4-1)10-16-13-7-3-5-11(13)8-9-15(14)16/h1-10H. The Morgan fingerprint density at radius 1 is 0.688 bits per heavy atom. The van der Waals surface area contributed by atoms with Gasteiger partial charge >= 0.3 is 0 Å². The van der Waals surface area contributed by atoms with Gasteiger partial charge in [0.05, 0.1) is 0 Å². The molecule has 16 heavy (non-hydrogen) atoms. The van der Waals surface area contributed by atoms with Crippen molar-refractivity contribution in [2.75, 3.05) is 0 Å². The van der Waals surface area contributed by atoms with Crippen molar-refractivity contribution in [1.82, 2.24) is 0 Å². The molecular weight excluding hydrogens is 192 g/mol. The van der Waals surface area contributed by atoms with Crippen LogP contribution in [-0.2, 0) is 0 Å². The minimum absolute atomic E-state index is 1.34. The zero-order valence-electron chi connectivity index (χ0n) is 8.77. The summed E-state index contributed by atoms with van der Waals surface area (Å²) in [4.78, 5) is 0. The molecule has 0 nitrogen and oxygen atoms in total. The number of allylic oxidation sites excluding steroid dienone is 1. The minimum atomic E-state index is 1.34. The van der Waals surface area contributed by atoms with Gasteiger partial charge in [-0.3, -0.25) is 0 Å². The van der Waals surface area contributed by atoms with Gasteiger partial charge in [0.15, 0.2) is 0 Å². The Kier molecular flexibility index (Phi) is 1.39. The molecule has 0 fully saturated rings. The van der Waals surface area contributed by atoms with Crippen LogP contribution in [0.3, 0.4) is 0 Å². The molecule has 0 heterocycles. The predicted octanol–water partition coefficient (Wildman–Crippen LogP) is 2.30. The van der Waals surface area contributed by atoms with Crippen molar-refractivity contribution in [3.63, 3.8) is 0 Å². The van der Waals surface area contributed by atoms with Gasteiger partial charge in [-0.05, 0) is 38.8 Å². The molecule has 0 unspecified atom stereocenters. The lowest BCUT2D eigenvalue weighted by Gasteiger charge is -2.00. The number of rotatable bonds is 0. The molecule has 0 amide bonds. The van der Waals surface area contributed by atoms with Crippen molar-refractivity contribution < 1.29 is 0 Å². The van der Waals surface area contributed by atoms with Crippen LogP contribution in [0, 0.1) is 0 Å². The summed E-state index contributed by atoms with van der Waals surface area (Å²) >= 11 is 0. The van der Waals surface area contributed by atoms with Crippen LogP contribution in [0.2, 0.25) is 0 Å². The second kappa shape index (κ2) is 2.73. The van der Waals surface area contributed by atoms with Crippen molar-refractivity contribution in [1.29, 1.82) is 0 Å². The van der Waals surface area contributed by atoms with Crippen LogP contribution in [0.15, 0.2) is 42.5 Å². The highest BCUT2D eigenvalue weighted by Crippen LogP contribution is 2.25. The molecule has 0 aliphatic heterocycles. The Morgan fingerprint density at radius 3 is 2.62 bits per heavy atom. The molecule has 4 rings (SSSR count). The second-order valence-corrected chi connectivity index (χ2v) is 4.29. The highest BCUT2D eigenvalue weighted by atomic mass is 14.2. The summed E-state index contributed by atoms with van der Waals surface area (Å²) in [6.07, 6.45) is 8.80. The minimum Gasteiger partial charge on any atom is -0.0616 e. The maximum atomic E-state index is 2.30. The van der Waals surface area contributed by atoms with Gasteiger partial charge in [-0.2, -0.15) is 0 Å². The highest BCUT2D eigenvalue weighted by Gasteiger charge is 2.13. The zero-order chi connectivity index (χ0) is 10.5. The van der Waals surface area contributed by atoms with E-state index >= 15 is 0 Å². The number of benzene rings is 2. The van der Waals surface area contributed by atoms with E-state index in [1.165, 1.54) is 32.7 Å². The summed E-state index contributed by atoms with van der Waals surface area (Å²) < 4.78 is 0. The first-order valence-corrected chi connectivity index (χ1v) is 5.56. The van der Waals surface area contributed by atoms with Gasteiger partial charge in [0.25, 0.3) is 0 Å². The van der Waals surface area contributed by atoms with Crippen LogP contribution in [0.4, 0.5) is 0 Å². The van der Waals surface area contributed by atoms with Crippen LogP contribution in [0.25, 0.3) is 29.4 Å². The molecule has 0 N–H and O–H groups in total. The monoisotopic (exact) mass is 202 g/mol. The van der Waals surface area contributed by atoms with Gasteiger partial charge in [0.1, 0.15) is 0 Å². The maximum absolute atomic E-state index is 2.30.